The number of halogens is 10. The van der Waals surface area contributed by atoms with Crippen molar-refractivity contribution in [3.05, 3.63) is 18.2 Å². The Hall–Kier alpha value is -1.39. The summed E-state index contributed by atoms with van der Waals surface area (Å²) in [6.07, 6.45) is -9.03. The maximum Gasteiger partial charge on any atom is 0.673 e. The first kappa shape index (κ1) is 22.6. The van der Waals surface area contributed by atoms with Crippen molar-refractivity contribution >= 4 is 21.8 Å². The van der Waals surface area contributed by atoms with Crippen LogP contribution >= 0.6 is 9.24 Å². The minimum atomic E-state index is -6.00. The van der Waals surface area contributed by atoms with E-state index in [9.17, 15) is 43.6 Å². The highest BCUT2D eigenvalue weighted by molar-refractivity contribution is 7.27. The van der Waals surface area contributed by atoms with Crippen LogP contribution in [-0.4, -0.2) is 32.8 Å². The number of rotatable bonds is 4. The number of hydrogen-bond acceptors (Lipinski definition) is 2. The van der Waals surface area contributed by atoms with E-state index in [1.165, 1.54) is 21.4 Å². The second-order valence-electron chi connectivity index (χ2n) is 4.12. The third kappa shape index (κ3) is 15.5. The van der Waals surface area contributed by atoms with Crippen LogP contribution in [0.5, 0.6) is 11.5 Å². The molecule has 2 nitrogen and oxygen atoms in total. The van der Waals surface area contributed by atoms with E-state index in [1.54, 1.807) is 0 Å². The van der Waals surface area contributed by atoms with Gasteiger partial charge < -0.3 is 26.7 Å². The van der Waals surface area contributed by atoms with Crippen molar-refractivity contribution in [1.82, 2.24) is 0 Å². The molecule has 1 atom stereocenters. The summed E-state index contributed by atoms with van der Waals surface area (Å²) in [6, 6.07) is 3.55. The van der Waals surface area contributed by atoms with Crippen LogP contribution in [0.25, 0.3) is 0 Å². The zero-order valence-corrected chi connectivity index (χ0v) is 12.9. The first-order valence-electron chi connectivity index (χ1n) is 5.79. The maximum absolute atomic E-state index is 11.9. The topological polar surface area (TPSA) is 18.5 Å². The van der Waals surface area contributed by atoms with Crippen LogP contribution in [0.1, 0.15) is 0 Å². The van der Waals surface area contributed by atoms with Crippen molar-refractivity contribution in [2.24, 2.45) is 0 Å². The lowest BCUT2D eigenvalue weighted by molar-refractivity contribution is -0.153. The predicted octanol–water partition coefficient (Wildman–Crippen LogP) is 4.10. The third-order valence-electron chi connectivity index (χ3n) is 1.74. The van der Waals surface area contributed by atoms with Crippen molar-refractivity contribution in [2.45, 2.75) is 12.4 Å². The zero-order valence-electron chi connectivity index (χ0n) is 11.5. The van der Waals surface area contributed by atoms with Gasteiger partial charge in [-0.05, 0) is 0 Å². The van der Waals surface area contributed by atoms with Crippen molar-refractivity contribution < 1.29 is 53.1 Å². The van der Waals surface area contributed by atoms with Gasteiger partial charge in [0.2, 0.25) is 0 Å². The molecule has 0 aromatic heterocycles. The second-order valence-corrected chi connectivity index (χ2v) is 4.93. The van der Waals surface area contributed by atoms with Crippen molar-refractivity contribution in [3.8, 4) is 11.5 Å². The summed E-state index contributed by atoms with van der Waals surface area (Å²) in [6.45, 7) is -3.03. The molecule has 1 aromatic rings. The fourth-order valence-corrected chi connectivity index (χ4v) is 1.53. The van der Waals surface area contributed by atoms with Gasteiger partial charge in [-0.3, -0.25) is 0 Å². The molecule has 14 heteroatoms. The van der Waals surface area contributed by atoms with E-state index in [2.05, 4.69) is 9.47 Å². The third-order valence-corrected chi connectivity index (χ3v) is 2.15. The molecule has 0 fully saturated rings. The van der Waals surface area contributed by atoms with E-state index in [0.29, 0.717) is 5.30 Å². The molecule has 0 spiro atoms. The molecule has 140 valence electrons. The van der Waals surface area contributed by atoms with Crippen molar-refractivity contribution in [3.63, 3.8) is 0 Å². The average molecular weight is 394 g/mol. The molecule has 0 saturated heterocycles. The Morgan fingerprint density at radius 3 is 1.29 bits per heavy atom. The fourth-order valence-electron chi connectivity index (χ4n) is 1.13. The normalized spacial score (nSPS) is 12.4. The molecule has 0 N–H and O–H groups in total. The van der Waals surface area contributed by atoms with Crippen LogP contribution in [0, 0.1) is 0 Å². The van der Waals surface area contributed by atoms with Crippen molar-refractivity contribution in [1.29, 1.82) is 0 Å². The molecule has 24 heavy (non-hydrogen) atoms. The standard InChI is InChI=1S/C10H9F6O2P.BF4/c11-9(12,13)4-17-6-1-7(3-8(19)2-6)18-5-10(14,15)16;2-1(3,4)5/h1-3H,4-5,19H2;/q;-1/p+1. The molecule has 0 amide bonds. The average Bonchev–Trinajstić information content (AvgIpc) is 2.30. The number of ether oxygens (including phenoxy) is 2. The van der Waals surface area contributed by atoms with E-state index in [1.807, 2.05) is 0 Å². The summed E-state index contributed by atoms with van der Waals surface area (Å²) in [5, 5.41) is 0.455. The van der Waals surface area contributed by atoms with Gasteiger partial charge in [-0.2, -0.15) is 26.3 Å². The Kier molecular flexibility index (Phi) is 8.14. The molecule has 0 bridgehead atoms. The van der Waals surface area contributed by atoms with Crippen LogP contribution in [0.15, 0.2) is 18.2 Å². The first-order valence-corrected chi connectivity index (χ1v) is 6.49. The maximum atomic E-state index is 11.9. The summed E-state index contributed by atoms with van der Waals surface area (Å²) in [5.41, 5.74) is 0. The smallest absolute Gasteiger partial charge is 0.484 e. The Labute approximate surface area is 131 Å². The molecule has 0 radical (unpaired) electrons. The van der Waals surface area contributed by atoms with Gasteiger partial charge in [-0.15, -0.1) is 0 Å². The Morgan fingerprint density at radius 1 is 0.750 bits per heavy atom. The molecule has 0 aliphatic rings. The molecule has 1 aromatic carbocycles. The van der Waals surface area contributed by atoms with Gasteiger partial charge in [0.25, 0.3) is 0 Å². The Morgan fingerprint density at radius 2 is 1.04 bits per heavy atom. The largest absolute Gasteiger partial charge is 0.673 e. The van der Waals surface area contributed by atoms with Crippen molar-refractivity contribution in [2.75, 3.05) is 13.2 Å². The minimum Gasteiger partial charge on any atom is -0.484 e. The summed E-state index contributed by atoms with van der Waals surface area (Å²) in [7, 11) is -4.71. The van der Waals surface area contributed by atoms with Crippen LogP contribution in [0.2, 0.25) is 0 Å². The number of benzene rings is 1. The highest BCUT2D eigenvalue weighted by atomic mass is 31.0. The van der Waals surface area contributed by atoms with Crippen LogP contribution in [0.4, 0.5) is 43.6 Å². The fraction of sp³-hybridized carbons (Fsp3) is 0.400. The summed E-state index contributed by atoms with van der Waals surface area (Å²) >= 11 is 0. The van der Waals surface area contributed by atoms with E-state index in [0.717, 1.165) is 6.07 Å². The van der Waals surface area contributed by atoms with Gasteiger partial charge in [0.15, 0.2) is 13.2 Å². The van der Waals surface area contributed by atoms with Gasteiger partial charge in [0.05, 0.1) is 5.30 Å². The molecule has 1 rings (SSSR count). The minimum absolute atomic E-state index is 0.193. The van der Waals surface area contributed by atoms with Gasteiger partial charge in [0.1, 0.15) is 11.5 Å². The van der Waals surface area contributed by atoms with E-state index in [-0.39, 0.29) is 11.5 Å². The van der Waals surface area contributed by atoms with Crippen LogP contribution < -0.4 is 14.8 Å². The van der Waals surface area contributed by atoms with E-state index < -0.39 is 32.8 Å². The summed E-state index contributed by atoms with van der Waals surface area (Å²) in [5.74, 6) is -0.385. The zero-order chi connectivity index (χ0) is 19.2. The molecule has 0 saturated carbocycles. The molecule has 0 aliphatic heterocycles. The lowest BCUT2D eigenvalue weighted by atomic mass is 10.3. The Balaban J connectivity index is 0.000000922. The molecule has 0 heterocycles. The predicted molar refractivity (Wildman–Crippen MR) is 70.5 cm³/mol. The highest BCUT2D eigenvalue weighted by Crippen LogP contribution is 2.24. The first-order chi connectivity index (χ1) is 10.6. The molecule has 0 aliphatic carbocycles. The van der Waals surface area contributed by atoms with E-state index in [4.69, 9.17) is 0 Å². The second kappa shape index (κ2) is 8.64. The van der Waals surface area contributed by atoms with Gasteiger partial charge in [0, 0.05) is 27.4 Å². The quantitative estimate of drug-likeness (QED) is 0.435. The SMILES string of the molecule is FC(F)(F)COc1cc([PH3+])cc(OCC(F)(F)F)c1.F[B-](F)(F)F. The summed E-state index contributed by atoms with van der Waals surface area (Å²) < 4.78 is 120. The Bertz CT molecular complexity index is 472. The molecular weight excluding hydrogens is 384 g/mol. The van der Waals surface area contributed by atoms with Gasteiger partial charge in [-0.1, -0.05) is 0 Å². The molecular formula is C10H10BF10O2P. The van der Waals surface area contributed by atoms with Crippen LogP contribution in [0.3, 0.4) is 0 Å². The number of alkyl halides is 6. The highest BCUT2D eigenvalue weighted by Gasteiger charge is 2.30. The number of hydrogen-bond donors (Lipinski definition) is 0. The summed E-state index contributed by atoms with van der Waals surface area (Å²) in [4.78, 5) is 0. The lowest BCUT2D eigenvalue weighted by Gasteiger charge is -2.12. The van der Waals surface area contributed by atoms with E-state index >= 15 is 0 Å². The van der Waals surface area contributed by atoms with Gasteiger partial charge >= 0.3 is 19.6 Å². The monoisotopic (exact) mass is 394 g/mol. The lowest BCUT2D eigenvalue weighted by Crippen LogP contribution is -2.20. The molecule has 1 unspecified atom stereocenters. The van der Waals surface area contributed by atoms with Crippen LogP contribution in [-0.2, 0) is 0 Å². The van der Waals surface area contributed by atoms with Gasteiger partial charge in [-0.25, -0.2) is 0 Å².